The molecule has 2 atom stereocenters. The van der Waals surface area contributed by atoms with Gasteiger partial charge in [-0.2, -0.15) is 0 Å². The fourth-order valence-corrected chi connectivity index (χ4v) is 5.19. The molecular formula is C22H35N5O. The molecule has 154 valence electrons. The van der Waals surface area contributed by atoms with Gasteiger partial charge in [-0.25, -0.2) is 0 Å². The van der Waals surface area contributed by atoms with Crippen LogP contribution in [0.1, 0.15) is 52.2 Å². The second-order valence-corrected chi connectivity index (χ2v) is 9.73. The molecule has 1 aliphatic heterocycles. The van der Waals surface area contributed by atoms with E-state index in [1.165, 1.54) is 12.8 Å². The predicted molar refractivity (Wildman–Crippen MR) is 110 cm³/mol. The monoisotopic (exact) mass is 385 g/mol. The van der Waals surface area contributed by atoms with Gasteiger partial charge in [0.1, 0.15) is 11.6 Å². The van der Waals surface area contributed by atoms with E-state index in [0.29, 0.717) is 12.0 Å². The van der Waals surface area contributed by atoms with Gasteiger partial charge in [0, 0.05) is 51.5 Å². The van der Waals surface area contributed by atoms with E-state index < -0.39 is 0 Å². The van der Waals surface area contributed by atoms with Crippen LogP contribution in [0.25, 0.3) is 0 Å². The van der Waals surface area contributed by atoms with Crippen LogP contribution >= 0.6 is 0 Å². The van der Waals surface area contributed by atoms with Crippen molar-refractivity contribution in [1.29, 1.82) is 0 Å². The molecular weight excluding hydrogens is 350 g/mol. The highest BCUT2D eigenvalue weighted by Crippen LogP contribution is 2.59. The quantitative estimate of drug-likeness (QED) is 0.764. The summed E-state index contributed by atoms with van der Waals surface area (Å²) in [4.78, 5) is 14.4. The highest BCUT2D eigenvalue weighted by atomic mass is 16.1. The molecule has 6 heteroatoms. The third kappa shape index (κ3) is 3.63. The van der Waals surface area contributed by atoms with Gasteiger partial charge < -0.3 is 9.88 Å². The first-order valence-electron chi connectivity index (χ1n) is 11.0. The maximum absolute atomic E-state index is 11.8. The summed E-state index contributed by atoms with van der Waals surface area (Å²) >= 11 is 0. The van der Waals surface area contributed by atoms with Crippen molar-refractivity contribution in [1.82, 2.24) is 25.0 Å². The van der Waals surface area contributed by atoms with Crippen LogP contribution in [0, 0.1) is 23.2 Å². The van der Waals surface area contributed by atoms with E-state index in [4.69, 9.17) is 0 Å². The molecule has 0 saturated heterocycles. The number of nitrogens with zero attached hydrogens (tertiary/aromatic N) is 4. The SMILES string of the molecule is CC(C)C(=O)NCCc1nnc2n1CCN(CC1=CC[C@H]3C[C@@H]1C3(C)C)CC2. The Morgan fingerprint density at radius 1 is 1.29 bits per heavy atom. The van der Waals surface area contributed by atoms with E-state index in [0.717, 1.165) is 62.5 Å². The Morgan fingerprint density at radius 2 is 2.11 bits per heavy atom. The number of hydrogen-bond donors (Lipinski definition) is 1. The zero-order valence-corrected chi connectivity index (χ0v) is 17.9. The van der Waals surface area contributed by atoms with Gasteiger partial charge >= 0.3 is 0 Å². The van der Waals surface area contributed by atoms with Crippen molar-refractivity contribution < 1.29 is 4.79 Å². The summed E-state index contributed by atoms with van der Waals surface area (Å²) in [6, 6.07) is 0. The molecule has 4 aliphatic rings. The average Bonchev–Trinajstić information content (AvgIpc) is 2.94. The minimum absolute atomic E-state index is 0.0223. The van der Waals surface area contributed by atoms with Gasteiger partial charge in [0.25, 0.3) is 0 Å². The standard InChI is InChI=1S/C22H35N5O/c1-15(2)21(28)23-9-7-19-24-25-20-8-10-26(11-12-27(19)20)14-16-5-6-17-13-18(16)22(17,3)4/h5,15,17-18H,6-14H2,1-4H3,(H,23,28)/t17-,18-/m0/s1. The Labute approximate surface area is 168 Å². The zero-order chi connectivity index (χ0) is 19.9. The summed E-state index contributed by atoms with van der Waals surface area (Å²) in [6.07, 6.45) is 6.89. The number of carbonyl (C=O) groups excluding carboxylic acids is 1. The van der Waals surface area contributed by atoms with Gasteiger partial charge in [-0.05, 0) is 30.1 Å². The van der Waals surface area contributed by atoms with Gasteiger partial charge in [-0.15, -0.1) is 10.2 Å². The Balaban J connectivity index is 1.33. The average molecular weight is 386 g/mol. The van der Waals surface area contributed by atoms with Crippen LogP contribution in [-0.4, -0.2) is 51.8 Å². The molecule has 1 aromatic rings. The van der Waals surface area contributed by atoms with Crippen LogP contribution in [0.2, 0.25) is 0 Å². The van der Waals surface area contributed by atoms with Crippen molar-refractivity contribution in [3.63, 3.8) is 0 Å². The molecule has 2 heterocycles. The molecule has 28 heavy (non-hydrogen) atoms. The van der Waals surface area contributed by atoms with Crippen LogP contribution in [0.4, 0.5) is 0 Å². The Kier molecular flexibility index (Phi) is 5.34. The first-order chi connectivity index (χ1) is 13.4. The van der Waals surface area contributed by atoms with Crippen LogP contribution in [-0.2, 0) is 24.2 Å². The maximum atomic E-state index is 11.8. The molecule has 1 N–H and O–H groups in total. The zero-order valence-electron chi connectivity index (χ0n) is 17.9. The molecule has 2 bridgehead atoms. The Hall–Kier alpha value is -1.69. The molecule has 3 aliphatic carbocycles. The van der Waals surface area contributed by atoms with E-state index in [-0.39, 0.29) is 11.8 Å². The van der Waals surface area contributed by atoms with Crippen molar-refractivity contribution >= 4 is 5.91 Å². The normalized spacial score (nSPS) is 26.2. The molecule has 0 unspecified atom stereocenters. The van der Waals surface area contributed by atoms with E-state index in [2.05, 4.69) is 44.9 Å². The minimum atomic E-state index is 0.0223. The van der Waals surface area contributed by atoms with Crippen LogP contribution in [0.5, 0.6) is 0 Å². The fourth-order valence-electron chi connectivity index (χ4n) is 5.19. The lowest BCUT2D eigenvalue weighted by Gasteiger charge is -2.57. The summed E-state index contributed by atoms with van der Waals surface area (Å²) < 4.78 is 2.28. The summed E-state index contributed by atoms with van der Waals surface area (Å²) in [6.45, 7) is 13.5. The van der Waals surface area contributed by atoms with E-state index in [1.807, 2.05) is 13.8 Å². The molecule has 6 nitrogen and oxygen atoms in total. The smallest absolute Gasteiger partial charge is 0.222 e. The second kappa shape index (κ2) is 7.62. The topological polar surface area (TPSA) is 63.1 Å². The van der Waals surface area contributed by atoms with Gasteiger partial charge in [0.15, 0.2) is 0 Å². The number of amides is 1. The molecule has 1 aromatic heterocycles. The number of hydrogen-bond acceptors (Lipinski definition) is 4. The van der Waals surface area contributed by atoms with E-state index in [9.17, 15) is 4.79 Å². The van der Waals surface area contributed by atoms with Crippen molar-refractivity contribution in [2.45, 2.75) is 59.9 Å². The first kappa shape index (κ1) is 19.6. The van der Waals surface area contributed by atoms with Crippen molar-refractivity contribution in [2.24, 2.45) is 23.2 Å². The lowest BCUT2D eigenvalue weighted by atomic mass is 9.49. The summed E-state index contributed by atoms with van der Waals surface area (Å²) in [5.74, 6) is 3.90. The molecule has 0 spiro atoms. The van der Waals surface area contributed by atoms with Gasteiger partial charge in [0.2, 0.25) is 5.91 Å². The minimum Gasteiger partial charge on any atom is -0.355 e. The highest BCUT2D eigenvalue weighted by molar-refractivity contribution is 5.77. The number of rotatable bonds is 6. The van der Waals surface area contributed by atoms with E-state index in [1.54, 1.807) is 5.57 Å². The Morgan fingerprint density at radius 3 is 2.82 bits per heavy atom. The van der Waals surface area contributed by atoms with Crippen molar-refractivity contribution in [3.05, 3.63) is 23.3 Å². The number of carbonyl (C=O) groups is 1. The van der Waals surface area contributed by atoms with Crippen LogP contribution in [0.15, 0.2) is 11.6 Å². The lowest BCUT2D eigenvalue weighted by molar-refractivity contribution is -0.123. The second-order valence-electron chi connectivity index (χ2n) is 9.73. The third-order valence-corrected chi connectivity index (χ3v) is 7.36. The predicted octanol–water partition coefficient (Wildman–Crippen LogP) is 2.44. The molecule has 1 fully saturated rings. The number of nitrogens with one attached hydrogen (secondary N) is 1. The third-order valence-electron chi connectivity index (χ3n) is 7.36. The lowest BCUT2D eigenvalue weighted by Crippen LogP contribution is -2.50. The van der Waals surface area contributed by atoms with E-state index >= 15 is 0 Å². The number of fused-ring (bicyclic) bond motifs is 2. The number of allylic oxidation sites excluding steroid dienone is 1. The van der Waals surface area contributed by atoms with Gasteiger partial charge in [-0.3, -0.25) is 9.69 Å². The highest BCUT2D eigenvalue weighted by Gasteiger charge is 2.51. The molecule has 1 amide bonds. The summed E-state index contributed by atoms with van der Waals surface area (Å²) in [5.41, 5.74) is 2.17. The molecule has 0 radical (unpaired) electrons. The van der Waals surface area contributed by atoms with Gasteiger partial charge in [-0.1, -0.05) is 39.3 Å². The molecule has 0 aromatic carbocycles. The fraction of sp³-hybridized carbons (Fsp3) is 0.773. The number of aromatic nitrogens is 3. The largest absolute Gasteiger partial charge is 0.355 e. The summed E-state index contributed by atoms with van der Waals surface area (Å²) in [7, 11) is 0. The summed E-state index contributed by atoms with van der Waals surface area (Å²) in [5, 5.41) is 11.8. The van der Waals surface area contributed by atoms with Crippen molar-refractivity contribution in [2.75, 3.05) is 26.2 Å². The molecule has 1 saturated carbocycles. The Bertz CT molecular complexity index is 763. The van der Waals surface area contributed by atoms with Gasteiger partial charge in [0.05, 0.1) is 0 Å². The maximum Gasteiger partial charge on any atom is 0.222 e. The first-order valence-corrected chi connectivity index (χ1v) is 11.0. The van der Waals surface area contributed by atoms with Crippen LogP contribution < -0.4 is 5.32 Å². The van der Waals surface area contributed by atoms with Crippen molar-refractivity contribution in [3.8, 4) is 0 Å². The van der Waals surface area contributed by atoms with Crippen LogP contribution in [0.3, 0.4) is 0 Å². The molecule has 5 rings (SSSR count).